The van der Waals surface area contributed by atoms with Gasteiger partial charge in [-0.3, -0.25) is 0 Å². The minimum Gasteiger partial charge on any atom is -0.354 e. The Bertz CT molecular complexity index is 1400. The van der Waals surface area contributed by atoms with Crippen molar-refractivity contribution >= 4 is 16.9 Å². The van der Waals surface area contributed by atoms with E-state index < -0.39 is 5.82 Å². The molecule has 0 amide bonds. The van der Waals surface area contributed by atoms with E-state index in [2.05, 4.69) is 54.8 Å². The summed E-state index contributed by atoms with van der Waals surface area (Å²) in [5.74, 6) is 0.504. The number of hydrogen-bond donors (Lipinski definition) is 2. The Balaban J connectivity index is 1.65. The molecule has 2 heterocycles. The summed E-state index contributed by atoms with van der Waals surface area (Å²) in [6.07, 6.45) is 1.12. The quantitative estimate of drug-likeness (QED) is 0.412. The van der Waals surface area contributed by atoms with Gasteiger partial charge < -0.3 is 10.6 Å². The molecule has 0 bridgehead atoms. The smallest absolute Gasteiger partial charge is 0.223 e. The first-order valence-corrected chi connectivity index (χ1v) is 11.6. The van der Waals surface area contributed by atoms with Crippen LogP contribution < -0.4 is 10.6 Å². The van der Waals surface area contributed by atoms with Crippen LogP contribution in [0.15, 0.2) is 54.6 Å². The first kappa shape index (κ1) is 22.0. The molecule has 170 valence electrons. The molecule has 5 rings (SSSR count). The second-order valence-corrected chi connectivity index (χ2v) is 8.94. The minimum absolute atomic E-state index is 0.0189. The lowest BCUT2D eigenvalue weighted by Crippen LogP contribution is -2.18. The van der Waals surface area contributed by atoms with Crippen molar-refractivity contribution in [2.45, 2.75) is 20.3 Å². The molecule has 6 heteroatoms. The number of halogens is 1. The Morgan fingerprint density at radius 2 is 1.85 bits per heavy atom. The Morgan fingerprint density at radius 3 is 2.56 bits per heavy atom. The van der Waals surface area contributed by atoms with E-state index in [-0.39, 0.29) is 5.56 Å². The van der Waals surface area contributed by atoms with Gasteiger partial charge >= 0.3 is 0 Å². The summed E-state index contributed by atoms with van der Waals surface area (Å²) in [4.78, 5) is 9.59. The van der Waals surface area contributed by atoms with Gasteiger partial charge in [0.05, 0.1) is 16.8 Å². The van der Waals surface area contributed by atoms with E-state index in [1.54, 1.807) is 6.07 Å². The first-order valence-electron chi connectivity index (χ1n) is 11.6. The molecule has 1 saturated heterocycles. The summed E-state index contributed by atoms with van der Waals surface area (Å²) in [5, 5.41) is 16.8. The van der Waals surface area contributed by atoms with Gasteiger partial charge in [-0.05, 0) is 85.8 Å². The lowest BCUT2D eigenvalue weighted by molar-refractivity contribution is 0.613. The van der Waals surface area contributed by atoms with Crippen molar-refractivity contribution in [3.8, 4) is 28.5 Å². The highest BCUT2D eigenvalue weighted by atomic mass is 19.1. The zero-order valence-electron chi connectivity index (χ0n) is 19.3. The van der Waals surface area contributed by atoms with Crippen molar-refractivity contribution in [1.29, 1.82) is 5.26 Å². The maximum absolute atomic E-state index is 14.6. The fourth-order valence-corrected chi connectivity index (χ4v) is 4.73. The molecule has 1 unspecified atom stereocenters. The van der Waals surface area contributed by atoms with Gasteiger partial charge in [0.2, 0.25) is 5.95 Å². The van der Waals surface area contributed by atoms with E-state index in [4.69, 9.17) is 15.2 Å². The topological polar surface area (TPSA) is 73.6 Å². The molecule has 1 aliphatic rings. The number of hydrogen-bond acceptors (Lipinski definition) is 5. The van der Waals surface area contributed by atoms with Crippen LogP contribution in [0.5, 0.6) is 0 Å². The Hall–Kier alpha value is -3.82. The second kappa shape index (κ2) is 9.20. The summed E-state index contributed by atoms with van der Waals surface area (Å²) in [7, 11) is 0. The van der Waals surface area contributed by atoms with Crippen LogP contribution in [0.25, 0.3) is 33.3 Å². The van der Waals surface area contributed by atoms with Crippen molar-refractivity contribution < 1.29 is 4.39 Å². The standard InChI is InChI=1S/C28H26FN5/c1-17-4-3-5-18(2)26(17)20-8-9-25-23(12-20)27(21-6-7-22(14-30)24(29)13-21)34-28(33-25)32-16-19-10-11-31-15-19/h3-9,12-13,19,31H,10-11,15-16H2,1-2H3,(H,32,33,34). The Labute approximate surface area is 198 Å². The summed E-state index contributed by atoms with van der Waals surface area (Å²) >= 11 is 0. The number of anilines is 1. The summed E-state index contributed by atoms with van der Waals surface area (Å²) in [6.45, 7) is 6.99. The maximum Gasteiger partial charge on any atom is 0.223 e. The number of rotatable bonds is 5. The molecule has 0 spiro atoms. The van der Waals surface area contributed by atoms with E-state index in [1.165, 1.54) is 28.8 Å². The maximum atomic E-state index is 14.6. The summed E-state index contributed by atoms with van der Waals surface area (Å²) < 4.78 is 14.6. The van der Waals surface area contributed by atoms with Crippen molar-refractivity contribution in [3.05, 3.63) is 77.1 Å². The minimum atomic E-state index is -0.552. The van der Waals surface area contributed by atoms with Crippen LogP contribution in [0.3, 0.4) is 0 Å². The highest BCUT2D eigenvalue weighted by molar-refractivity contribution is 5.96. The van der Waals surface area contributed by atoms with Crippen molar-refractivity contribution in [2.75, 3.05) is 25.0 Å². The third kappa shape index (κ3) is 4.23. The number of nitriles is 1. The van der Waals surface area contributed by atoms with Crippen molar-refractivity contribution in [2.24, 2.45) is 5.92 Å². The van der Waals surface area contributed by atoms with Gasteiger partial charge in [0, 0.05) is 17.5 Å². The lowest BCUT2D eigenvalue weighted by Gasteiger charge is -2.15. The molecule has 1 fully saturated rings. The average molecular weight is 452 g/mol. The summed E-state index contributed by atoms with van der Waals surface area (Å²) in [6, 6.07) is 19.0. The third-order valence-corrected chi connectivity index (χ3v) is 6.54. The van der Waals surface area contributed by atoms with Gasteiger partial charge in [-0.2, -0.15) is 5.26 Å². The second-order valence-electron chi connectivity index (χ2n) is 8.94. The molecule has 0 radical (unpaired) electrons. The third-order valence-electron chi connectivity index (χ3n) is 6.54. The lowest BCUT2D eigenvalue weighted by atomic mass is 9.94. The van der Waals surface area contributed by atoms with Crippen LogP contribution in [-0.2, 0) is 0 Å². The fourth-order valence-electron chi connectivity index (χ4n) is 4.73. The zero-order chi connectivity index (χ0) is 23.7. The molecule has 2 N–H and O–H groups in total. The van der Waals surface area contributed by atoms with Gasteiger partial charge in [-0.15, -0.1) is 0 Å². The van der Waals surface area contributed by atoms with Gasteiger partial charge in [-0.1, -0.05) is 30.3 Å². The molecule has 1 aromatic heterocycles. The molecule has 0 aliphatic carbocycles. The van der Waals surface area contributed by atoms with E-state index in [9.17, 15) is 4.39 Å². The number of fused-ring (bicyclic) bond motifs is 1. The normalized spacial score (nSPS) is 15.4. The highest BCUT2D eigenvalue weighted by Gasteiger charge is 2.17. The fraction of sp³-hybridized carbons (Fsp3) is 0.250. The van der Waals surface area contributed by atoms with Gasteiger partial charge in [0.25, 0.3) is 0 Å². The molecular weight excluding hydrogens is 425 g/mol. The van der Waals surface area contributed by atoms with Crippen LogP contribution in [0.4, 0.5) is 10.3 Å². The highest BCUT2D eigenvalue weighted by Crippen LogP contribution is 2.34. The Kier molecular flexibility index (Phi) is 5.95. The zero-order valence-corrected chi connectivity index (χ0v) is 19.3. The number of nitrogens with zero attached hydrogens (tertiary/aromatic N) is 3. The van der Waals surface area contributed by atoms with Gasteiger partial charge in [0.15, 0.2) is 0 Å². The molecule has 1 atom stereocenters. The van der Waals surface area contributed by atoms with E-state index in [0.29, 0.717) is 23.1 Å². The number of nitrogens with one attached hydrogen (secondary N) is 2. The monoisotopic (exact) mass is 451 g/mol. The summed E-state index contributed by atoms with van der Waals surface area (Å²) in [5.41, 5.74) is 6.70. The van der Waals surface area contributed by atoms with E-state index in [1.807, 2.05) is 12.1 Å². The molecule has 3 aromatic carbocycles. The largest absolute Gasteiger partial charge is 0.354 e. The molecule has 34 heavy (non-hydrogen) atoms. The molecule has 0 saturated carbocycles. The van der Waals surface area contributed by atoms with Gasteiger partial charge in [-0.25, -0.2) is 14.4 Å². The molecular formula is C28H26FN5. The van der Waals surface area contributed by atoms with Crippen LogP contribution in [0, 0.1) is 36.9 Å². The molecule has 5 nitrogen and oxygen atoms in total. The van der Waals surface area contributed by atoms with E-state index in [0.717, 1.165) is 42.5 Å². The molecule has 4 aromatic rings. The SMILES string of the molecule is Cc1cccc(C)c1-c1ccc2nc(NCC3CCNC3)nc(-c3ccc(C#N)c(F)c3)c2c1. The predicted molar refractivity (Wildman–Crippen MR) is 134 cm³/mol. The van der Waals surface area contributed by atoms with Crippen LogP contribution >= 0.6 is 0 Å². The Morgan fingerprint density at radius 1 is 1.06 bits per heavy atom. The van der Waals surface area contributed by atoms with Crippen molar-refractivity contribution in [1.82, 2.24) is 15.3 Å². The number of aromatic nitrogens is 2. The van der Waals surface area contributed by atoms with Crippen molar-refractivity contribution in [3.63, 3.8) is 0 Å². The average Bonchev–Trinajstić information content (AvgIpc) is 3.36. The molecule has 1 aliphatic heterocycles. The first-order chi connectivity index (χ1) is 16.5. The number of benzene rings is 3. The van der Waals surface area contributed by atoms with E-state index >= 15 is 0 Å². The van der Waals surface area contributed by atoms with Gasteiger partial charge in [0.1, 0.15) is 11.9 Å². The van der Waals surface area contributed by atoms with Crippen LogP contribution in [0.1, 0.15) is 23.1 Å². The van der Waals surface area contributed by atoms with Crippen LogP contribution in [0.2, 0.25) is 0 Å². The predicted octanol–water partition coefficient (Wildman–Crippen LogP) is 5.61. The van der Waals surface area contributed by atoms with Crippen LogP contribution in [-0.4, -0.2) is 29.6 Å². The number of aryl methyl sites for hydroxylation is 2.